The number of pyridine rings is 1. The van der Waals surface area contributed by atoms with Gasteiger partial charge in [-0.1, -0.05) is 42.0 Å². The van der Waals surface area contributed by atoms with Gasteiger partial charge < -0.3 is 0 Å². The third-order valence-electron chi connectivity index (χ3n) is 4.01. The van der Waals surface area contributed by atoms with Crippen molar-refractivity contribution in [1.29, 1.82) is 0 Å². The lowest BCUT2D eigenvalue weighted by Crippen LogP contribution is -2.05. The molecule has 0 aliphatic rings. The minimum Gasteiger partial charge on any atom is -0.284 e. The molecule has 0 aliphatic heterocycles. The van der Waals surface area contributed by atoms with Crippen LogP contribution in [0.3, 0.4) is 0 Å². The van der Waals surface area contributed by atoms with Gasteiger partial charge in [-0.15, -0.1) is 0 Å². The Morgan fingerprint density at radius 2 is 1.58 bits per heavy atom. The van der Waals surface area contributed by atoms with Gasteiger partial charge in [0, 0.05) is 29.0 Å². The molecule has 3 nitrogen and oxygen atoms in total. The first-order chi connectivity index (χ1) is 11.7. The lowest BCUT2D eigenvalue weighted by molar-refractivity contribution is 1.00. The number of fused-ring (bicyclic) bond motifs is 1. The molecule has 2 heterocycles. The molecule has 0 spiro atoms. The predicted molar refractivity (Wildman–Crippen MR) is 99.9 cm³/mol. The maximum absolute atomic E-state index is 5.80. The van der Waals surface area contributed by atoms with Crippen molar-refractivity contribution in [1.82, 2.24) is 14.5 Å². The summed E-state index contributed by atoms with van der Waals surface area (Å²) in [4.78, 5) is 8.98. The van der Waals surface area contributed by atoms with E-state index in [2.05, 4.69) is 36.2 Å². The number of benzene rings is 2. The fourth-order valence-corrected chi connectivity index (χ4v) is 3.13. The summed E-state index contributed by atoms with van der Waals surface area (Å²) in [5.41, 5.74) is 4.11. The molecule has 2 aromatic carbocycles. The Bertz CT molecular complexity index is 1070. The number of aryl methyl sites for hydroxylation is 1. The van der Waals surface area contributed by atoms with Crippen LogP contribution in [0.25, 0.3) is 28.0 Å². The first-order valence-corrected chi connectivity index (χ1v) is 8.14. The molecule has 4 rings (SSSR count). The predicted octanol–water partition coefficient (Wildman–Crippen LogP) is 5.13. The van der Waals surface area contributed by atoms with Crippen LogP contribution in [0.5, 0.6) is 0 Å². The molecule has 0 atom stereocenters. The molecule has 116 valence electrons. The van der Waals surface area contributed by atoms with Crippen molar-refractivity contribution in [3.63, 3.8) is 0 Å². The summed E-state index contributed by atoms with van der Waals surface area (Å²) >= 11 is 5.80. The SMILES string of the molecule is Cc1ccc(-n2c(-c3ccncc3)nc3ccccc3c2=S)cc1. The monoisotopic (exact) mass is 329 g/mol. The Morgan fingerprint density at radius 1 is 0.875 bits per heavy atom. The maximum Gasteiger partial charge on any atom is 0.146 e. The van der Waals surface area contributed by atoms with Crippen molar-refractivity contribution < 1.29 is 0 Å². The molecule has 0 N–H and O–H groups in total. The zero-order valence-corrected chi connectivity index (χ0v) is 14.0. The second-order valence-corrected chi connectivity index (χ2v) is 6.05. The van der Waals surface area contributed by atoms with E-state index in [1.807, 2.05) is 41.0 Å². The van der Waals surface area contributed by atoms with E-state index >= 15 is 0 Å². The van der Waals surface area contributed by atoms with Crippen molar-refractivity contribution in [2.75, 3.05) is 0 Å². The summed E-state index contributed by atoms with van der Waals surface area (Å²) in [5, 5.41) is 0.978. The zero-order chi connectivity index (χ0) is 16.5. The van der Waals surface area contributed by atoms with E-state index in [9.17, 15) is 0 Å². The number of nitrogens with zero attached hydrogens (tertiary/aromatic N) is 3. The van der Waals surface area contributed by atoms with E-state index in [0.717, 1.165) is 32.6 Å². The van der Waals surface area contributed by atoms with Gasteiger partial charge in [0.05, 0.1) is 5.52 Å². The van der Waals surface area contributed by atoms with Crippen LogP contribution in [0.2, 0.25) is 0 Å². The largest absolute Gasteiger partial charge is 0.284 e. The Hall–Kier alpha value is -2.85. The molecular formula is C20H15N3S. The van der Waals surface area contributed by atoms with Gasteiger partial charge in [0.15, 0.2) is 0 Å². The topological polar surface area (TPSA) is 30.7 Å². The first-order valence-electron chi connectivity index (χ1n) is 7.73. The molecule has 4 aromatic rings. The van der Waals surface area contributed by atoms with Gasteiger partial charge in [-0.05, 0) is 43.3 Å². The van der Waals surface area contributed by atoms with E-state index in [1.54, 1.807) is 12.4 Å². The third kappa shape index (κ3) is 2.51. The smallest absolute Gasteiger partial charge is 0.146 e. The summed E-state index contributed by atoms with van der Waals surface area (Å²) in [6.07, 6.45) is 3.55. The van der Waals surface area contributed by atoms with Crippen LogP contribution in [-0.4, -0.2) is 14.5 Å². The van der Waals surface area contributed by atoms with Crippen molar-refractivity contribution in [2.45, 2.75) is 6.92 Å². The summed E-state index contributed by atoms with van der Waals surface area (Å²) in [6.45, 7) is 2.07. The van der Waals surface area contributed by atoms with Crippen LogP contribution in [-0.2, 0) is 0 Å². The average molecular weight is 329 g/mol. The highest BCUT2D eigenvalue weighted by Gasteiger charge is 2.12. The Morgan fingerprint density at radius 3 is 2.33 bits per heavy atom. The molecule has 0 unspecified atom stereocenters. The van der Waals surface area contributed by atoms with Gasteiger partial charge in [0.1, 0.15) is 10.5 Å². The fourth-order valence-electron chi connectivity index (χ4n) is 2.76. The highest BCUT2D eigenvalue weighted by atomic mass is 32.1. The van der Waals surface area contributed by atoms with Crippen LogP contribution in [0.15, 0.2) is 73.1 Å². The van der Waals surface area contributed by atoms with Crippen molar-refractivity contribution in [2.24, 2.45) is 0 Å². The Balaban J connectivity index is 2.11. The van der Waals surface area contributed by atoms with Crippen LogP contribution in [0.1, 0.15) is 5.56 Å². The number of hydrogen-bond donors (Lipinski definition) is 0. The molecule has 2 aromatic heterocycles. The van der Waals surface area contributed by atoms with Crippen LogP contribution in [0.4, 0.5) is 0 Å². The van der Waals surface area contributed by atoms with E-state index in [0.29, 0.717) is 0 Å². The number of aromatic nitrogens is 3. The van der Waals surface area contributed by atoms with E-state index < -0.39 is 0 Å². The van der Waals surface area contributed by atoms with Gasteiger partial charge in [0.2, 0.25) is 0 Å². The Kier molecular flexibility index (Phi) is 3.67. The summed E-state index contributed by atoms with van der Waals surface area (Å²) < 4.78 is 2.79. The van der Waals surface area contributed by atoms with Crippen molar-refractivity contribution >= 4 is 23.1 Å². The summed E-state index contributed by atoms with van der Waals surface area (Å²) in [6, 6.07) is 20.2. The second-order valence-electron chi connectivity index (χ2n) is 5.66. The van der Waals surface area contributed by atoms with Gasteiger partial charge in [-0.2, -0.15) is 0 Å². The van der Waals surface area contributed by atoms with Crippen molar-refractivity contribution in [3.8, 4) is 17.1 Å². The standard InChI is InChI=1S/C20H15N3S/c1-14-6-8-16(9-7-14)23-19(15-10-12-21-13-11-15)22-18-5-3-2-4-17(18)20(23)24/h2-13H,1H3. The second kappa shape index (κ2) is 5.98. The molecule has 24 heavy (non-hydrogen) atoms. The summed E-state index contributed by atoms with van der Waals surface area (Å²) in [7, 11) is 0. The molecule has 0 bridgehead atoms. The molecule has 0 radical (unpaired) electrons. The average Bonchev–Trinajstić information content (AvgIpc) is 2.63. The number of hydrogen-bond acceptors (Lipinski definition) is 3. The molecule has 0 saturated carbocycles. The molecule has 0 aliphatic carbocycles. The molecular weight excluding hydrogens is 314 g/mol. The molecule has 0 amide bonds. The van der Waals surface area contributed by atoms with Gasteiger partial charge in [0.25, 0.3) is 0 Å². The minimum atomic E-state index is 0.760. The van der Waals surface area contributed by atoms with Gasteiger partial charge in [-0.25, -0.2) is 4.98 Å². The third-order valence-corrected chi connectivity index (χ3v) is 4.41. The lowest BCUT2D eigenvalue weighted by atomic mass is 10.1. The fraction of sp³-hybridized carbons (Fsp3) is 0.0500. The molecule has 0 saturated heterocycles. The molecule has 0 fully saturated rings. The van der Waals surface area contributed by atoms with Gasteiger partial charge in [-0.3, -0.25) is 9.55 Å². The summed E-state index contributed by atoms with van der Waals surface area (Å²) in [5.74, 6) is 0.824. The normalized spacial score (nSPS) is 10.9. The van der Waals surface area contributed by atoms with E-state index in [1.165, 1.54) is 5.56 Å². The van der Waals surface area contributed by atoms with Crippen LogP contribution in [0, 0.1) is 11.6 Å². The quantitative estimate of drug-likeness (QED) is 0.478. The first kappa shape index (κ1) is 14.7. The van der Waals surface area contributed by atoms with Gasteiger partial charge >= 0.3 is 0 Å². The van der Waals surface area contributed by atoms with Crippen LogP contribution < -0.4 is 0 Å². The highest BCUT2D eigenvalue weighted by molar-refractivity contribution is 7.71. The number of para-hydroxylation sites is 1. The molecule has 4 heteroatoms. The lowest BCUT2D eigenvalue weighted by Gasteiger charge is -2.15. The van der Waals surface area contributed by atoms with Crippen molar-refractivity contribution in [3.05, 3.63) is 83.3 Å². The Labute approximate surface area is 145 Å². The van der Waals surface area contributed by atoms with Crippen LogP contribution >= 0.6 is 12.2 Å². The minimum absolute atomic E-state index is 0.760. The van der Waals surface area contributed by atoms with E-state index in [-0.39, 0.29) is 0 Å². The highest BCUT2D eigenvalue weighted by Crippen LogP contribution is 2.26. The maximum atomic E-state index is 5.80. The number of rotatable bonds is 2. The zero-order valence-electron chi connectivity index (χ0n) is 13.2. The van der Waals surface area contributed by atoms with E-state index in [4.69, 9.17) is 17.2 Å².